The topological polar surface area (TPSA) is 61.9 Å². The van der Waals surface area contributed by atoms with Crippen LogP contribution in [0.4, 0.5) is 4.79 Å². The Kier molecular flexibility index (Phi) is 6.49. The van der Waals surface area contributed by atoms with Crippen LogP contribution in [0.1, 0.15) is 53.4 Å². The fraction of sp³-hybridized carbons (Fsp3) is 0.889. The van der Waals surface area contributed by atoms with E-state index in [1.165, 1.54) is 0 Å². The van der Waals surface area contributed by atoms with Gasteiger partial charge in [0.15, 0.2) is 0 Å². The van der Waals surface area contributed by atoms with Crippen LogP contribution in [0.15, 0.2) is 0 Å². The molecular weight excluding hydrogens is 306 g/mol. The average Bonchev–Trinajstić information content (AvgIpc) is 2.89. The van der Waals surface area contributed by atoms with Gasteiger partial charge in [0, 0.05) is 38.6 Å². The van der Waals surface area contributed by atoms with Crippen molar-refractivity contribution in [3.05, 3.63) is 0 Å². The SMILES string of the molecule is C[C@@H](CN1CCCC1=O)NC[C@H]1CCCN(C(=O)OC(C)(C)C)C1. The first-order valence-corrected chi connectivity index (χ1v) is 9.23. The highest BCUT2D eigenvalue weighted by Gasteiger charge is 2.28. The number of carbonyl (C=O) groups is 2. The van der Waals surface area contributed by atoms with E-state index in [1.54, 1.807) is 0 Å². The van der Waals surface area contributed by atoms with E-state index >= 15 is 0 Å². The predicted octanol–water partition coefficient (Wildman–Crippen LogP) is 2.23. The van der Waals surface area contributed by atoms with E-state index in [2.05, 4.69) is 12.2 Å². The molecule has 0 aromatic heterocycles. The van der Waals surface area contributed by atoms with E-state index in [1.807, 2.05) is 30.6 Å². The zero-order chi connectivity index (χ0) is 17.7. The number of piperidine rings is 1. The molecule has 6 nitrogen and oxygen atoms in total. The van der Waals surface area contributed by atoms with Gasteiger partial charge in [0.2, 0.25) is 5.91 Å². The lowest BCUT2D eigenvalue weighted by Crippen LogP contribution is -2.47. The van der Waals surface area contributed by atoms with Crippen molar-refractivity contribution in [2.75, 3.05) is 32.7 Å². The van der Waals surface area contributed by atoms with E-state index in [4.69, 9.17) is 4.74 Å². The summed E-state index contributed by atoms with van der Waals surface area (Å²) in [4.78, 5) is 27.7. The van der Waals surface area contributed by atoms with Gasteiger partial charge in [0.1, 0.15) is 5.60 Å². The lowest BCUT2D eigenvalue weighted by atomic mass is 9.98. The van der Waals surface area contributed by atoms with Crippen LogP contribution < -0.4 is 5.32 Å². The zero-order valence-corrected chi connectivity index (χ0v) is 15.6. The first kappa shape index (κ1) is 19.0. The van der Waals surface area contributed by atoms with Crippen molar-refractivity contribution in [3.8, 4) is 0 Å². The Bertz CT molecular complexity index is 447. The van der Waals surface area contributed by atoms with Crippen LogP contribution in [0.25, 0.3) is 0 Å². The van der Waals surface area contributed by atoms with Gasteiger partial charge in [0.05, 0.1) is 0 Å². The molecule has 2 atom stereocenters. The quantitative estimate of drug-likeness (QED) is 0.834. The van der Waals surface area contributed by atoms with Crippen molar-refractivity contribution in [2.45, 2.75) is 65.0 Å². The molecule has 0 aromatic carbocycles. The highest BCUT2D eigenvalue weighted by molar-refractivity contribution is 5.78. The van der Waals surface area contributed by atoms with Crippen LogP contribution in [0.5, 0.6) is 0 Å². The first-order valence-electron chi connectivity index (χ1n) is 9.23. The summed E-state index contributed by atoms with van der Waals surface area (Å²) in [5, 5.41) is 3.53. The molecule has 2 aliphatic rings. The van der Waals surface area contributed by atoms with E-state index in [0.29, 0.717) is 12.3 Å². The number of amides is 2. The number of hydrogen-bond acceptors (Lipinski definition) is 4. The van der Waals surface area contributed by atoms with E-state index in [-0.39, 0.29) is 18.0 Å². The van der Waals surface area contributed by atoms with Gasteiger partial charge in [-0.2, -0.15) is 0 Å². The largest absolute Gasteiger partial charge is 0.444 e. The molecule has 0 unspecified atom stereocenters. The molecule has 2 aliphatic heterocycles. The third-order valence-corrected chi connectivity index (χ3v) is 4.59. The van der Waals surface area contributed by atoms with Crippen LogP contribution in [0, 0.1) is 5.92 Å². The molecule has 1 N–H and O–H groups in total. The van der Waals surface area contributed by atoms with Crippen LogP contribution in [0.2, 0.25) is 0 Å². The molecule has 6 heteroatoms. The molecule has 0 aliphatic carbocycles. The van der Waals surface area contributed by atoms with E-state index in [0.717, 1.165) is 52.0 Å². The molecule has 0 aromatic rings. The molecule has 2 heterocycles. The maximum absolute atomic E-state index is 12.2. The molecule has 0 radical (unpaired) electrons. The second-order valence-corrected chi connectivity index (χ2v) is 8.19. The normalized spacial score (nSPS) is 23.5. The summed E-state index contributed by atoms with van der Waals surface area (Å²) in [6.45, 7) is 11.9. The monoisotopic (exact) mass is 339 g/mol. The Balaban J connectivity index is 1.72. The fourth-order valence-corrected chi connectivity index (χ4v) is 3.38. The summed E-state index contributed by atoms with van der Waals surface area (Å²) in [5.74, 6) is 0.723. The molecule has 2 saturated heterocycles. The van der Waals surface area contributed by atoms with Gasteiger partial charge in [-0.15, -0.1) is 0 Å². The lowest BCUT2D eigenvalue weighted by molar-refractivity contribution is -0.127. The Morgan fingerprint density at radius 3 is 2.71 bits per heavy atom. The fourth-order valence-electron chi connectivity index (χ4n) is 3.38. The van der Waals surface area contributed by atoms with Gasteiger partial charge in [-0.05, 0) is 59.4 Å². The summed E-state index contributed by atoms with van der Waals surface area (Å²) in [5.41, 5.74) is -0.445. The third-order valence-electron chi connectivity index (χ3n) is 4.59. The summed E-state index contributed by atoms with van der Waals surface area (Å²) in [6.07, 6.45) is 3.62. The number of likely N-dealkylation sites (tertiary alicyclic amines) is 2. The van der Waals surface area contributed by atoms with Gasteiger partial charge in [-0.1, -0.05) is 0 Å². The molecule has 0 spiro atoms. The number of ether oxygens (including phenoxy) is 1. The molecular formula is C18H33N3O3. The molecule has 138 valence electrons. The molecule has 0 saturated carbocycles. The van der Waals surface area contributed by atoms with Crippen LogP contribution in [-0.4, -0.2) is 66.2 Å². The number of nitrogens with zero attached hydrogens (tertiary/aromatic N) is 2. The molecule has 2 fully saturated rings. The van der Waals surface area contributed by atoms with Gasteiger partial charge >= 0.3 is 6.09 Å². The van der Waals surface area contributed by atoms with E-state index < -0.39 is 5.60 Å². The van der Waals surface area contributed by atoms with Crippen molar-refractivity contribution in [1.29, 1.82) is 0 Å². The Hall–Kier alpha value is -1.30. The maximum atomic E-state index is 12.2. The smallest absolute Gasteiger partial charge is 0.410 e. The minimum Gasteiger partial charge on any atom is -0.444 e. The van der Waals surface area contributed by atoms with Crippen molar-refractivity contribution >= 4 is 12.0 Å². The zero-order valence-electron chi connectivity index (χ0n) is 15.6. The second kappa shape index (κ2) is 8.19. The number of carbonyl (C=O) groups excluding carboxylic acids is 2. The average molecular weight is 339 g/mol. The van der Waals surface area contributed by atoms with Crippen LogP contribution >= 0.6 is 0 Å². The molecule has 0 bridgehead atoms. The summed E-state index contributed by atoms with van der Waals surface area (Å²) < 4.78 is 5.47. The number of rotatable bonds is 5. The number of hydrogen-bond donors (Lipinski definition) is 1. The standard InChI is InChI=1S/C18H33N3O3/c1-14(12-20-9-6-8-16(20)22)19-11-15-7-5-10-21(13-15)17(23)24-18(2,3)4/h14-15,19H,5-13H2,1-4H3/t14-,15+/m0/s1. The Labute approximate surface area is 145 Å². The summed E-state index contributed by atoms with van der Waals surface area (Å²) >= 11 is 0. The lowest BCUT2D eigenvalue weighted by Gasteiger charge is -2.35. The van der Waals surface area contributed by atoms with Crippen molar-refractivity contribution < 1.29 is 14.3 Å². The van der Waals surface area contributed by atoms with Gasteiger partial charge in [-0.25, -0.2) is 4.79 Å². The van der Waals surface area contributed by atoms with Crippen molar-refractivity contribution in [2.24, 2.45) is 5.92 Å². The van der Waals surface area contributed by atoms with E-state index in [9.17, 15) is 9.59 Å². The highest BCUT2D eigenvalue weighted by Crippen LogP contribution is 2.19. The number of nitrogens with one attached hydrogen (secondary N) is 1. The van der Waals surface area contributed by atoms with Gasteiger partial charge in [-0.3, -0.25) is 4.79 Å². The van der Waals surface area contributed by atoms with Gasteiger partial charge in [0.25, 0.3) is 0 Å². The third kappa shape index (κ3) is 5.96. The summed E-state index contributed by atoms with van der Waals surface area (Å²) in [7, 11) is 0. The minimum atomic E-state index is -0.445. The minimum absolute atomic E-state index is 0.206. The Morgan fingerprint density at radius 1 is 1.33 bits per heavy atom. The summed E-state index contributed by atoms with van der Waals surface area (Å²) in [6, 6.07) is 0.281. The maximum Gasteiger partial charge on any atom is 0.410 e. The highest BCUT2D eigenvalue weighted by atomic mass is 16.6. The second-order valence-electron chi connectivity index (χ2n) is 8.19. The molecule has 2 amide bonds. The molecule has 2 rings (SSSR count). The Morgan fingerprint density at radius 2 is 2.08 bits per heavy atom. The van der Waals surface area contributed by atoms with Gasteiger partial charge < -0.3 is 19.9 Å². The van der Waals surface area contributed by atoms with Crippen molar-refractivity contribution in [3.63, 3.8) is 0 Å². The first-order chi connectivity index (χ1) is 11.2. The van der Waals surface area contributed by atoms with Crippen molar-refractivity contribution in [1.82, 2.24) is 15.1 Å². The predicted molar refractivity (Wildman–Crippen MR) is 93.8 cm³/mol. The van der Waals surface area contributed by atoms with Crippen LogP contribution in [-0.2, 0) is 9.53 Å². The molecule has 24 heavy (non-hydrogen) atoms. The van der Waals surface area contributed by atoms with Crippen LogP contribution in [0.3, 0.4) is 0 Å².